The van der Waals surface area contributed by atoms with E-state index in [1.807, 2.05) is 0 Å². The van der Waals surface area contributed by atoms with Gasteiger partial charge < -0.3 is 10.2 Å². The Bertz CT molecular complexity index is 1250. The SMILES string of the molecule is CN1Cc2cc(Nc3ncc4c(n3)SCN(c3c(Cl)cccc3Cl)C4=O)ccc2C(C)(C)C1. The first-order valence-electron chi connectivity index (χ1n) is 10.6. The molecule has 0 aliphatic carbocycles. The van der Waals surface area contributed by atoms with E-state index in [9.17, 15) is 4.79 Å². The lowest BCUT2D eigenvalue weighted by Crippen LogP contribution is -2.39. The Morgan fingerprint density at radius 3 is 2.67 bits per heavy atom. The average Bonchev–Trinajstić information content (AvgIpc) is 2.74. The highest BCUT2D eigenvalue weighted by atomic mass is 35.5. The second kappa shape index (κ2) is 8.47. The molecule has 0 spiro atoms. The zero-order chi connectivity index (χ0) is 23.3. The smallest absolute Gasteiger partial charge is 0.263 e. The third kappa shape index (κ3) is 4.19. The van der Waals surface area contributed by atoms with E-state index in [-0.39, 0.29) is 11.3 Å². The molecule has 3 heterocycles. The molecular weight excluding hydrogens is 477 g/mol. The van der Waals surface area contributed by atoms with Crippen molar-refractivity contribution in [2.75, 3.05) is 29.7 Å². The van der Waals surface area contributed by atoms with Crippen LogP contribution in [0.4, 0.5) is 17.3 Å². The fourth-order valence-corrected chi connectivity index (χ4v) is 6.17. The Morgan fingerprint density at radius 2 is 1.91 bits per heavy atom. The molecule has 0 atom stereocenters. The molecule has 1 amide bonds. The molecule has 0 radical (unpaired) electrons. The van der Waals surface area contributed by atoms with Gasteiger partial charge in [-0.2, -0.15) is 0 Å². The zero-order valence-corrected chi connectivity index (χ0v) is 20.9. The van der Waals surface area contributed by atoms with Gasteiger partial charge in [-0.25, -0.2) is 9.97 Å². The van der Waals surface area contributed by atoms with Crippen LogP contribution in [-0.4, -0.2) is 40.2 Å². The van der Waals surface area contributed by atoms with Crippen molar-refractivity contribution < 1.29 is 4.79 Å². The average molecular weight is 500 g/mol. The molecule has 2 aliphatic rings. The van der Waals surface area contributed by atoms with Gasteiger partial charge in [0.05, 0.1) is 27.2 Å². The van der Waals surface area contributed by atoms with Crippen LogP contribution in [0, 0.1) is 0 Å². The van der Waals surface area contributed by atoms with Crippen LogP contribution in [-0.2, 0) is 12.0 Å². The van der Waals surface area contributed by atoms with Crippen LogP contribution >= 0.6 is 35.0 Å². The number of carbonyl (C=O) groups is 1. The molecule has 3 aromatic rings. The first-order chi connectivity index (χ1) is 15.7. The predicted molar refractivity (Wildman–Crippen MR) is 135 cm³/mol. The first-order valence-corrected chi connectivity index (χ1v) is 12.3. The van der Waals surface area contributed by atoms with Crippen molar-refractivity contribution in [2.24, 2.45) is 0 Å². The minimum absolute atomic E-state index is 0.108. The van der Waals surface area contributed by atoms with Crippen LogP contribution in [0.25, 0.3) is 0 Å². The minimum atomic E-state index is -0.218. The molecule has 33 heavy (non-hydrogen) atoms. The molecule has 1 N–H and O–H groups in total. The van der Waals surface area contributed by atoms with Crippen LogP contribution in [0.2, 0.25) is 10.0 Å². The second-order valence-electron chi connectivity index (χ2n) is 9.04. The van der Waals surface area contributed by atoms with Crippen LogP contribution in [0.3, 0.4) is 0 Å². The summed E-state index contributed by atoms with van der Waals surface area (Å²) in [7, 11) is 2.14. The monoisotopic (exact) mass is 499 g/mol. The summed E-state index contributed by atoms with van der Waals surface area (Å²) in [5.41, 5.74) is 4.65. The zero-order valence-electron chi connectivity index (χ0n) is 18.5. The van der Waals surface area contributed by atoms with Crippen molar-refractivity contribution in [3.63, 3.8) is 0 Å². The lowest BCUT2D eigenvalue weighted by atomic mass is 9.78. The first kappa shape index (κ1) is 22.5. The summed E-state index contributed by atoms with van der Waals surface area (Å²) < 4.78 is 0. The summed E-state index contributed by atoms with van der Waals surface area (Å²) in [6, 6.07) is 11.6. The van der Waals surface area contributed by atoms with Crippen molar-refractivity contribution in [1.29, 1.82) is 0 Å². The number of para-hydroxylation sites is 1. The van der Waals surface area contributed by atoms with Gasteiger partial charge in [0.15, 0.2) is 0 Å². The van der Waals surface area contributed by atoms with Crippen LogP contribution in [0.5, 0.6) is 0 Å². The maximum Gasteiger partial charge on any atom is 0.263 e. The molecule has 0 bridgehead atoms. The molecule has 5 rings (SSSR count). The molecule has 2 aromatic carbocycles. The number of halogens is 2. The van der Waals surface area contributed by atoms with Gasteiger partial charge in [0.1, 0.15) is 5.03 Å². The van der Waals surface area contributed by atoms with Crippen LogP contribution < -0.4 is 10.2 Å². The number of amides is 1. The molecule has 9 heteroatoms. The number of aromatic nitrogens is 2. The lowest BCUT2D eigenvalue weighted by Gasteiger charge is -2.38. The van der Waals surface area contributed by atoms with E-state index in [0.717, 1.165) is 18.8 Å². The van der Waals surface area contributed by atoms with Gasteiger partial charge in [-0.05, 0) is 42.4 Å². The topological polar surface area (TPSA) is 61.4 Å². The molecule has 1 aromatic heterocycles. The molecule has 0 saturated heterocycles. The number of hydrogen-bond acceptors (Lipinski definition) is 6. The quantitative estimate of drug-likeness (QED) is 0.448. The fourth-order valence-electron chi connectivity index (χ4n) is 4.62. The Balaban J connectivity index is 1.40. The maximum absolute atomic E-state index is 13.1. The van der Waals surface area contributed by atoms with E-state index >= 15 is 0 Å². The number of carbonyl (C=O) groups excluding carboxylic acids is 1. The van der Waals surface area contributed by atoms with Crippen molar-refractivity contribution >= 4 is 58.2 Å². The largest absolute Gasteiger partial charge is 0.324 e. The summed E-state index contributed by atoms with van der Waals surface area (Å²) in [5, 5.41) is 4.80. The van der Waals surface area contributed by atoms with Crippen molar-refractivity contribution in [1.82, 2.24) is 14.9 Å². The molecule has 0 fully saturated rings. The molecule has 6 nitrogen and oxygen atoms in total. The van der Waals surface area contributed by atoms with Crippen molar-refractivity contribution in [2.45, 2.75) is 30.8 Å². The van der Waals surface area contributed by atoms with E-state index in [0.29, 0.717) is 38.1 Å². The van der Waals surface area contributed by atoms with Crippen LogP contribution in [0.15, 0.2) is 47.6 Å². The number of thioether (sulfide) groups is 1. The van der Waals surface area contributed by atoms with Gasteiger partial charge in [-0.1, -0.05) is 60.9 Å². The van der Waals surface area contributed by atoms with Gasteiger partial charge in [-0.15, -0.1) is 0 Å². The highest BCUT2D eigenvalue weighted by Crippen LogP contribution is 2.40. The highest BCUT2D eigenvalue weighted by Gasteiger charge is 2.31. The van der Waals surface area contributed by atoms with Gasteiger partial charge >= 0.3 is 0 Å². The summed E-state index contributed by atoms with van der Waals surface area (Å²) >= 11 is 14.1. The standard InChI is InChI=1S/C24H23Cl2N5OS/c1-24(2)12-30(3)11-14-9-15(7-8-17(14)24)28-23-27-10-16-21(29-23)33-13-31(22(16)32)20-18(25)5-4-6-19(20)26/h4-10H,11-13H2,1-3H3,(H,27,28,29). The molecule has 170 valence electrons. The summed E-state index contributed by atoms with van der Waals surface area (Å²) in [5.74, 6) is 0.609. The van der Waals surface area contributed by atoms with Gasteiger partial charge in [0.25, 0.3) is 5.91 Å². The maximum atomic E-state index is 13.1. The Morgan fingerprint density at radius 1 is 1.15 bits per heavy atom. The van der Waals surface area contributed by atoms with Crippen molar-refractivity contribution in [3.8, 4) is 0 Å². The van der Waals surface area contributed by atoms with Crippen molar-refractivity contribution in [3.05, 3.63) is 69.3 Å². The number of hydrogen-bond donors (Lipinski definition) is 1. The fraction of sp³-hybridized carbons (Fsp3) is 0.292. The summed E-state index contributed by atoms with van der Waals surface area (Å²) in [6.07, 6.45) is 1.56. The number of fused-ring (bicyclic) bond motifs is 2. The number of nitrogens with one attached hydrogen (secondary N) is 1. The lowest BCUT2D eigenvalue weighted by molar-refractivity contribution is 0.0985. The molecule has 0 unspecified atom stereocenters. The normalized spacial score (nSPS) is 17.5. The predicted octanol–water partition coefficient (Wildman–Crippen LogP) is 5.96. The van der Waals surface area contributed by atoms with E-state index < -0.39 is 0 Å². The van der Waals surface area contributed by atoms with Gasteiger partial charge in [0.2, 0.25) is 5.95 Å². The molecule has 0 saturated carbocycles. The summed E-state index contributed by atoms with van der Waals surface area (Å²) in [4.78, 5) is 26.0. The minimum Gasteiger partial charge on any atom is -0.324 e. The van der Waals surface area contributed by atoms with E-state index in [4.69, 9.17) is 23.2 Å². The number of benzene rings is 2. The number of rotatable bonds is 3. The highest BCUT2D eigenvalue weighted by molar-refractivity contribution is 7.99. The Labute approximate surface area is 207 Å². The third-order valence-corrected chi connectivity index (χ3v) is 7.55. The molecular formula is C24H23Cl2N5OS. The van der Waals surface area contributed by atoms with Crippen LogP contribution in [0.1, 0.15) is 35.3 Å². The Kier molecular flexibility index (Phi) is 5.77. The van der Waals surface area contributed by atoms with E-state index in [1.165, 1.54) is 22.9 Å². The molecule has 2 aliphatic heterocycles. The Hall–Kier alpha value is -2.32. The van der Waals surface area contributed by atoms with Gasteiger partial charge in [0, 0.05) is 30.4 Å². The number of anilines is 3. The number of nitrogens with zero attached hydrogens (tertiary/aromatic N) is 4. The van der Waals surface area contributed by atoms with E-state index in [1.54, 1.807) is 29.3 Å². The summed E-state index contributed by atoms with van der Waals surface area (Å²) in [6.45, 7) is 6.48. The van der Waals surface area contributed by atoms with Gasteiger partial charge in [-0.3, -0.25) is 9.69 Å². The third-order valence-electron chi connectivity index (χ3n) is 5.96. The number of likely N-dealkylation sites (N-methyl/N-ethyl adjacent to an activating group) is 1. The van der Waals surface area contributed by atoms with E-state index in [2.05, 4.69) is 59.3 Å². The second-order valence-corrected chi connectivity index (χ2v) is 10.8.